The lowest BCUT2D eigenvalue weighted by Crippen LogP contribution is -2.32. The lowest BCUT2D eigenvalue weighted by molar-refractivity contribution is -0.124. The first-order chi connectivity index (χ1) is 16.1. The molecule has 170 valence electrons. The molecular formula is C27H27NO5. The van der Waals surface area contributed by atoms with Gasteiger partial charge in [-0.15, -0.1) is 0 Å². The SMILES string of the molecule is CC(=O)COC1COc2cc(N(Cc3ccccc3)C(=O)OCc3ccccc3)ccc2C1. The zero-order valence-corrected chi connectivity index (χ0v) is 18.6. The van der Waals surface area contributed by atoms with Crippen LogP contribution in [-0.4, -0.2) is 31.2 Å². The van der Waals surface area contributed by atoms with Crippen LogP contribution in [-0.2, 0) is 33.8 Å². The van der Waals surface area contributed by atoms with E-state index in [-0.39, 0.29) is 25.1 Å². The number of nitrogens with zero attached hydrogens (tertiary/aromatic N) is 1. The summed E-state index contributed by atoms with van der Waals surface area (Å²) < 4.78 is 17.1. The molecule has 1 aliphatic rings. The van der Waals surface area contributed by atoms with E-state index in [2.05, 4.69) is 0 Å². The Hall–Kier alpha value is -3.64. The third-order valence-corrected chi connectivity index (χ3v) is 5.37. The molecule has 0 aliphatic carbocycles. The fourth-order valence-corrected chi connectivity index (χ4v) is 3.67. The van der Waals surface area contributed by atoms with E-state index in [0.29, 0.717) is 31.0 Å². The second-order valence-corrected chi connectivity index (χ2v) is 8.05. The van der Waals surface area contributed by atoms with Crippen molar-refractivity contribution in [2.24, 2.45) is 0 Å². The van der Waals surface area contributed by atoms with E-state index < -0.39 is 6.09 Å². The van der Waals surface area contributed by atoms with Gasteiger partial charge >= 0.3 is 6.09 Å². The predicted molar refractivity (Wildman–Crippen MR) is 125 cm³/mol. The number of carbonyl (C=O) groups is 2. The second kappa shape index (κ2) is 10.8. The number of hydrogen-bond acceptors (Lipinski definition) is 5. The van der Waals surface area contributed by atoms with Crippen molar-refractivity contribution in [1.82, 2.24) is 0 Å². The number of ether oxygens (including phenoxy) is 3. The van der Waals surface area contributed by atoms with Crippen LogP contribution in [0.3, 0.4) is 0 Å². The Balaban J connectivity index is 1.51. The molecule has 0 aromatic heterocycles. The van der Waals surface area contributed by atoms with Gasteiger partial charge in [-0.05, 0) is 29.7 Å². The number of rotatable bonds is 8. The van der Waals surface area contributed by atoms with Crippen molar-refractivity contribution < 1.29 is 23.8 Å². The predicted octanol–water partition coefficient (Wildman–Crippen LogP) is 4.94. The quantitative estimate of drug-likeness (QED) is 0.491. The molecule has 0 radical (unpaired) electrons. The Bertz CT molecular complexity index is 1080. The van der Waals surface area contributed by atoms with Gasteiger partial charge in [0.15, 0.2) is 5.78 Å². The first-order valence-corrected chi connectivity index (χ1v) is 11.0. The fraction of sp³-hybridized carbons (Fsp3) is 0.259. The van der Waals surface area contributed by atoms with Crippen LogP contribution >= 0.6 is 0 Å². The maximum atomic E-state index is 13.1. The molecular weight excluding hydrogens is 418 g/mol. The summed E-state index contributed by atoms with van der Waals surface area (Å²) in [5.41, 5.74) is 3.59. The molecule has 3 aromatic rings. The third kappa shape index (κ3) is 6.20. The van der Waals surface area contributed by atoms with E-state index in [9.17, 15) is 9.59 Å². The van der Waals surface area contributed by atoms with Crippen LogP contribution in [0.5, 0.6) is 5.75 Å². The molecule has 6 nitrogen and oxygen atoms in total. The van der Waals surface area contributed by atoms with Gasteiger partial charge in [-0.25, -0.2) is 4.79 Å². The van der Waals surface area contributed by atoms with Crippen molar-refractivity contribution in [1.29, 1.82) is 0 Å². The molecule has 0 spiro atoms. The summed E-state index contributed by atoms with van der Waals surface area (Å²) in [4.78, 5) is 25.9. The first kappa shape index (κ1) is 22.6. The molecule has 1 aliphatic heterocycles. The minimum absolute atomic E-state index is 0.0123. The van der Waals surface area contributed by atoms with E-state index in [1.54, 1.807) is 4.90 Å². The molecule has 0 saturated heterocycles. The molecule has 33 heavy (non-hydrogen) atoms. The largest absolute Gasteiger partial charge is 0.491 e. The number of carbonyl (C=O) groups excluding carboxylic acids is 2. The van der Waals surface area contributed by atoms with Gasteiger partial charge in [0.05, 0.1) is 18.3 Å². The summed E-state index contributed by atoms with van der Waals surface area (Å²) in [5.74, 6) is 0.700. The zero-order valence-electron chi connectivity index (χ0n) is 18.6. The summed E-state index contributed by atoms with van der Waals surface area (Å²) in [6.07, 6.45) is 0.0599. The van der Waals surface area contributed by atoms with E-state index in [4.69, 9.17) is 14.2 Å². The monoisotopic (exact) mass is 445 g/mol. The second-order valence-electron chi connectivity index (χ2n) is 8.05. The van der Waals surface area contributed by atoms with Gasteiger partial charge in [-0.1, -0.05) is 66.7 Å². The molecule has 1 amide bonds. The number of hydrogen-bond donors (Lipinski definition) is 0. The summed E-state index contributed by atoms with van der Waals surface area (Å²) in [6.45, 7) is 2.52. The van der Waals surface area contributed by atoms with E-state index in [1.165, 1.54) is 6.92 Å². The highest BCUT2D eigenvalue weighted by Gasteiger charge is 2.24. The van der Waals surface area contributed by atoms with Gasteiger partial charge in [0.2, 0.25) is 0 Å². The van der Waals surface area contributed by atoms with Gasteiger partial charge < -0.3 is 14.2 Å². The lowest BCUT2D eigenvalue weighted by Gasteiger charge is -2.28. The molecule has 0 N–H and O–H groups in total. The Morgan fingerprint density at radius 2 is 1.67 bits per heavy atom. The van der Waals surface area contributed by atoms with Gasteiger partial charge in [0.1, 0.15) is 25.6 Å². The van der Waals surface area contributed by atoms with Crippen molar-refractivity contribution in [3.05, 3.63) is 95.6 Å². The van der Waals surface area contributed by atoms with Crippen LogP contribution in [0.15, 0.2) is 78.9 Å². The maximum Gasteiger partial charge on any atom is 0.414 e. The van der Waals surface area contributed by atoms with Gasteiger partial charge in [0.25, 0.3) is 0 Å². The van der Waals surface area contributed by atoms with Crippen molar-refractivity contribution in [2.45, 2.75) is 32.6 Å². The number of fused-ring (bicyclic) bond motifs is 1. The number of Topliss-reactive ketones (excluding diaryl/α,β-unsaturated/α-hetero) is 1. The standard InChI is InChI=1S/C27H27NO5/c1-20(29)17-31-25-14-23-12-13-24(15-26(23)32-19-25)28(16-21-8-4-2-5-9-21)27(30)33-18-22-10-6-3-7-11-22/h2-13,15,25H,14,16-19H2,1H3. The maximum absolute atomic E-state index is 13.1. The van der Waals surface area contributed by atoms with Crippen molar-refractivity contribution >= 4 is 17.6 Å². The number of ketones is 1. The Labute approximate surface area is 193 Å². The topological polar surface area (TPSA) is 65.1 Å². The van der Waals surface area contributed by atoms with Gasteiger partial charge in [-0.2, -0.15) is 0 Å². The Morgan fingerprint density at radius 3 is 2.36 bits per heavy atom. The van der Waals surface area contributed by atoms with E-state index in [0.717, 1.165) is 16.7 Å². The summed E-state index contributed by atoms with van der Waals surface area (Å²) >= 11 is 0. The van der Waals surface area contributed by atoms with Crippen LogP contribution in [0.4, 0.5) is 10.5 Å². The van der Waals surface area contributed by atoms with Crippen LogP contribution in [0, 0.1) is 0 Å². The minimum Gasteiger partial charge on any atom is -0.491 e. The van der Waals surface area contributed by atoms with Crippen molar-refractivity contribution in [3.8, 4) is 5.75 Å². The average molecular weight is 446 g/mol. The minimum atomic E-state index is -0.430. The van der Waals surface area contributed by atoms with Crippen molar-refractivity contribution in [3.63, 3.8) is 0 Å². The number of benzene rings is 3. The molecule has 4 rings (SSSR count). The lowest BCUT2D eigenvalue weighted by atomic mass is 10.0. The van der Waals surface area contributed by atoms with Crippen LogP contribution in [0.2, 0.25) is 0 Å². The zero-order chi connectivity index (χ0) is 23.0. The first-order valence-electron chi connectivity index (χ1n) is 11.0. The molecule has 1 heterocycles. The number of anilines is 1. The summed E-state index contributed by atoms with van der Waals surface area (Å²) in [6, 6.07) is 25.1. The highest BCUT2D eigenvalue weighted by molar-refractivity contribution is 5.88. The smallest absolute Gasteiger partial charge is 0.414 e. The molecule has 6 heteroatoms. The van der Waals surface area contributed by atoms with Crippen molar-refractivity contribution in [2.75, 3.05) is 18.1 Å². The van der Waals surface area contributed by atoms with Gasteiger partial charge in [-0.3, -0.25) is 9.69 Å². The molecule has 1 atom stereocenters. The van der Waals surface area contributed by atoms with Crippen LogP contribution < -0.4 is 9.64 Å². The highest BCUT2D eigenvalue weighted by Crippen LogP contribution is 2.31. The molecule has 0 bridgehead atoms. The third-order valence-electron chi connectivity index (χ3n) is 5.37. The Morgan fingerprint density at radius 1 is 0.970 bits per heavy atom. The Kier molecular flexibility index (Phi) is 7.37. The molecule has 0 fully saturated rings. The van der Waals surface area contributed by atoms with Crippen LogP contribution in [0.1, 0.15) is 23.6 Å². The van der Waals surface area contributed by atoms with Crippen LogP contribution in [0.25, 0.3) is 0 Å². The normalized spacial score (nSPS) is 14.6. The summed E-state index contributed by atoms with van der Waals surface area (Å²) in [7, 11) is 0. The average Bonchev–Trinajstić information content (AvgIpc) is 2.85. The van der Waals surface area contributed by atoms with E-state index >= 15 is 0 Å². The summed E-state index contributed by atoms with van der Waals surface area (Å²) in [5, 5.41) is 0. The number of amides is 1. The molecule has 1 unspecified atom stereocenters. The fourth-order valence-electron chi connectivity index (χ4n) is 3.67. The van der Waals surface area contributed by atoms with E-state index in [1.807, 2.05) is 78.9 Å². The van der Waals surface area contributed by atoms with Gasteiger partial charge in [0, 0.05) is 12.5 Å². The molecule has 0 saturated carbocycles. The molecule has 3 aromatic carbocycles. The highest BCUT2D eigenvalue weighted by atomic mass is 16.6.